The minimum Gasteiger partial charge on any atom is -0.497 e. The van der Waals surface area contributed by atoms with Crippen LogP contribution in [0.25, 0.3) is 11.1 Å². The summed E-state index contributed by atoms with van der Waals surface area (Å²) in [5.74, 6) is 0.325. The van der Waals surface area contributed by atoms with Gasteiger partial charge in [0.2, 0.25) is 5.91 Å². The Kier molecular flexibility index (Phi) is 11.6. The number of carbonyl (C=O) groups is 3. The number of amides is 2. The molecular formula is C37H41N3O7. The maximum Gasteiger partial charge on any atom is 0.306 e. The fourth-order valence-electron chi connectivity index (χ4n) is 4.87. The first-order valence-electron chi connectivity index (χ1n) is 15.2. The summed E-state index contributed by atoms with van der Waals surface area (Å²) >= 11 is 0. The Balaban J connectivity index is 1.56. The Bertz CT molecular complexity index is 1700. The van der Waals surface area contributed by atoms with Gasteiger partial charge in [0.25, 0.3) is 5.91 Å². The molecule has 1 aromatic heterocycles. The van der Waals surface area contributed by atoms with Crippen molar-refractivity contribution < 1.29 is 33.3 Å². The average molecular weight is 640 g/mol. The fourth-order valence-corrected chi connectivity index (χ4v) is 4.87. The van der Waals surface area contributed by atoms with Crippen molar-refractivity contribution in [2.75, 3.05) is 26.2 Å². The molecule has 0 bridgehead atoms. The van der Waals surface area contributed by atoms with Gasteiger partial charge in [-0.25, -0.2) is 4.98 Å². The maximum atomic E-state index is 13.6. The molecule has 0 spiro atoms. The van der Waals surface area contributed by atoms with Gasteiger partial charge in [-0.1, -0.05) is 48.5 Å². The monoisotopic (exact) mass is 639 g/mol. The smallest absolute Gasteiger partial charge is 0.306 e. The van der Waals surface area contributed by atoms with Gasteiger partial charge < -0.3 is 24.3 Å². The first-order valence-corrected chi connectivity index (χ1v) is 15.2. The lowest BCUT2D eigenvalue weighted by atomic mass is 10.0. The van der Waals surface area contributed by atoms with Crippen molar-refractivity contribution in [1.82, 2.24) is 10.3 Å². The Labute approximate surface area is 275 Å². The second-order valence-corrected chi connectivity index (χ2v) is 11.7. The van der Waals surface area contributed by atoms with Gasteiger partial charge in [-0.15, -0.1) is 0 Å². The number of methoxy groups -OCH3 is 3. The highest BCUT2D eigenvalue weighted by Gasteiger charge is 2.25. The van der Waals surface area contributed by atoms with Gasteiger partial charge in [0.1, 0.15) is 28.7 Å². The molecule has 4 aromatic rings. The summed E-state index contributed by atoms with van der Waals surface area (Å²) in [6.07, 6.45) is 1.14. The number of anilines is 1. The van der Waals surface area contributed by atoms with Gasteiger partial charge >= 0.3 is 5.97 Å². The molecule has 0 saturated heterocycles. The van der Waals surface area contributed by atoms with E-state index in [1.165, 1.54) is 31.4 Å². The summed E-state index contributed by atoms with van der Waals surface area (Å²) < 4.78 is 21.9. The molecule has 0 aliphatic carbocycles. The van der Waals surface area contributed by atoms with E-state index in [-0.39, 0.29) is 54.9 Å². The molecule has 246 valence electrons. The summed E-state index contributed by atoms with van der Waals surface area (Å²) in [4.78, 5) is 45.3. The zero-order valence-electron chi connectivity index (χ0n) is 27.7. The van der Waals surface area contributed by atoms with Crippen LogP contribution in [0.5, 0.6) is 17.2 Å². The molecular weight excluding hydrogens is 598 g/mol. The van der Waals surface area contributed by atoms with E-state index < -0.39 is 11.6 Å². The predicted octanol–water partition coefficient (Wildman–Crippen LogP) is 6.36. The molecule has 0 saturated carbocycles. The Morgan fingerprint density at radius 1 is 0.787 bits per heavy atom. The second kappa shape index (κ2) is 15.8. The van der Waals surface area contributed by atoms with Gasteiger partial charge in [-0.2, -0.15) is 0 Å². The Morgan fingerprint density at radius 3 is 2.19 bits per heavy atom. The molecule has 1 heterocycles. The van der Waals surface area contributed by atoms with E-state index in [9.17, 15) is 14.4 Å². The minimum atomic E-state index is -0.674. The van der Waals surface area contributed by atoms with Crippen LogP contribution < -0.4 is 24.4 Å². The first kappa shape index (κ1) is 34.5. The number of pyridine rings is 1. The predicted molar refractivity (Wildman–Crippen MR) is 180 cm³/mol. The lowest BCUT2D eigenvalue weighted by Gasteiger charge is -2.24. The van der Waals surface area contributed by atoms with E-state index in [0.29, 0.717) is 17.1 Å². The van der Waals surface area contributed by atoms with Crippen molar-refractivity contribution in [3.8, 4) is 28.4 Å². The van der Waals surface area contributed by atoms with Gasteiger partial charge in [-0.05, 0) is 55.7 Å². The van der Waals surface area contributed by atoms with Gasteiger partial charge in [-0.3, -0.25) is 19.3 Å². The van der Waals surface area contributed by atoms with E-state index in [1.807, 2.05) is 54.6 Å². The highest BCUT2D eigenvalue weighted by molar-refractivity contribution is 5.98. The summed E-state index contributed by atoms with van der Waals surface area (Å²) in [7, 11) is 4.52. The van der Waals surface area contributed by atoms with Crippen LogP contribution in [-0.4, -0.2) is 49.7 Å². The van der Waals surface area contributed by atoms with E-state index in [4.69, 9.17) is 18.9 Å². The second-order valence-electron chi connectivity index (χ2n) is 11.7. The van der Waals surface area contributed by atoms with Crippen LogP contribution in [0.2, 0.25) is 0 Å². The zero-order valence-corrected chi connectivity index (χ0v) is 27.7. The molecule has 0 aliphatic heterocycles. The zero-order chi connectivity index (χ0) is 34.0. The fraction of sp³-hybridized carbons (Fsp3) is 0.297. The van der Waals surface area contributed by atoms with Crippen LogP contribution >= 0.6 is 0 Å². The molecule has 10 heteroatoms. The van der Waals surface area contributed by atoms with Gasteiger partial charge in [0.15, 0.2) is 0 Å². The van der Waals surface area contributed by atoms with Gasteiger partial charge in [0.05, 0.1) is 39.9 Å². The number of aromatic nitrogens is 1. The van der Waals surface area contributed by atoms with Gasteiger partial charge in [0, 0.05) is 36.9 Å². The van der Waals surface area contributed by atoms with Crippen LogP contribution in [0.4, 0.5) is 5.82 Å². The third kappa shape index (κ3) is 9.56. The summed E-state index contributed by atoms with van der Waals surface area (Å²) in [6, 6.07) is 24.8. The lowest BCUT2D eigenvalue weighted by Crippen LogP contribution is -2.32. The Hall–Kier alpha value is -5.38. The molecule has 0 aliphatic rings. The highest BCUT2D eigenvalue weighted by Crippen LogP contribution is 2.30. The number of hydrogen-bond acceptors (Lipinski definition) is 8. The van der Waals surface area contributed by atoms with Crippen molar-refractivity contribution in [3.05, 3.63) is 102 Å². The normalized spacial score (nSPS) is 10.9. The summed E-state index contributed by atoms with van der Waals surface area (Å²) in [6.45, 7) is 5.66. The third-order valence-corrected chi connectivity index (χ3v) is 7.17. The molecule has 0 unspecified atom stereocenters. The number of nitrogens with one attached hydrogen (secondary N) is 1. The van der Waals surface area contributed by atoms with E-state index in [0.717, 1.165) is 16.7 Å². The van der Waals surface area contributed by atoms with Crippen LogP contribution in [-0.2, 0) is 27.4 Å². The van der Waals surface area contributed by atoms with Crippen LogP contribution in [0.3, 0.4) is 0 Å². The standard InChI is InChI=1S/C37H41N3O7/c1-37(2,3)47-35(42)18-17-34(41)40(24-28-15-16-29(44-4)20-31(28)45-5)33-21-32(46-6)30(23-38-33)36(43)39-22-25-11-10-14-27(19-25)26-12-8-7-9-13-26/h7-16,19-21,23H,17-18,22,24H2,1-6H3,(H,39,43). The molecule has 0 atom stereocenters. The van der Waals surface area contributed by atoms with Crippen LogP contribution in [0, 0.1) is 0 Å². The molecule has 0 radical (unpaired) electrons. The quantitative estimate of drug-likeness (QED) is 0.168. The number of ether oxygens (including phenoxy) is 4. The van der Waals surface area contributed by atoms with Crippen molar-refractivity contribution in [2.24, 2.45) is 0 Å². The highest BCUT2D eigenvalue weighted by atomic mass is 16.6. The van der Waals surface area contributed by atoms with Crippen LogP contribution in [0.1, 0.15) is 55.1 Å². The maximum absolute atomic E-state index is 13.6. The van der Waals surface area contributed by atoms with Crippen molar-refractivity contribution >= 4 is 23.6 Å². The largest absolute Gasteiger partial charge is 0.497 e. The number of hydrogen-bond donors (Lipinski definition) is 1. The molecule has 4 rings (SSSR count). The number of rotatable bonds is 13. The molecule has 0 fully saturated rings. The van der Waals surface area contributed by atoms with E-state index >= 15 is 0 Å². The number of nitrogens with zero attached hydrogens (tertiary/aromatic N) is 2. The van der Waals surface area contributed by atoms with E-state index in [2.05, 4.69) is 10.3 Å². The topological polar surface area (TPSA) is 116 Å². The summed E-state index contributed by atoms with van der Waals surface area (Å²) in [5, 5.41) is 2.94. The van der Waals surface area contributed by atoms with Crippen molar-refractivity contribution in [3.63, 3.8) is 0 Å². The first-order chi connectivity index (χ1) is 22.5. The summed E-state index contributed by atoms with van der Waals surface area (Å²) in [5.41, 5.74) is 3.27. The number of benzene rings is 3. The third-order valence-electron chi connectivity index (χ3n) is 7.17. The Morgan fingerprint density at radius 2 is 1.51 bits per heavy atom. The van der Waals surface area contributed by atoms with Crippen molar-refractivity contribution in [1.29, 1.82) is 0 Å². The lowest BCUT2D eigenvalue weighted by molar-refractivity contribution is -0.155. The average Bonchev–Trinajstić information content (AvgIpc) is 3.08. The molecule has 47 heavy (non-hydrogen) atoms. The molecule has 2 amide bonds. The van der Waals surface area contributed by atoms with Crippen molar-refractivity contribution in [2.45, 2.75) is 52.3 Å². The molecule has 3 aromatic carbocycles. The van der Waals surface area contributed by atoms with E-state index in [1.54, 1.807) is 46.1 Å². The minimum absolute atomic E-state index is 0.0692. The number of carbonyl (C=O) groups excluding carboxylic acids is 3. The number of esters is 1. The molecule has 10 nitrogen and oxygen atoms in total. The van der Waals surface area contributed by atoms with Crippen LogP contribution in [0.15, 0.2) is 85.1 Å². The molecule has 1 N–H and O–H groups in total. The SMILES string of the molecule is COc1ccc(CN(C(=O)CCC(=O)OC(C)(C)C)c2cc(OC)c(C(=O)NCc3cccc(-c4ccccc4)c3)cn2)c(OC)c1.